The van der Waals surface area contributed by atoms with Crippen molar-refractivity contribution in [3.8, 4) is 0 Å². The fourth-order valence-electron chi connectivity index (χ4n) is 1.78. The number of allylic oxidation sites excluding steroid dienone is 2. The highest BCUT2D eigenvalue weighted by Gasteiger charge is 2.06. The molecule has 1 aromatic rings. The maximum absolute atomic E-state index is 5.17. The molecule has 3 nitrogen and oxygen atoms in total. The number of hydrogen-bond acceptors (Lipinski definition) is 2. The highest BCUT2D eigenvalue weighted by molar-refractivity contribution is 7.80. The maximum atomic E-state index is 5.17. The Balaban J connectivity index is 1.76. The van der Waals surface area contributed by atoms with Crippen molar-refractivity contribution < 1.29 is 0 Å². The minimum atomic E-state index is 0.560. The van der Waals surface area contributed by atoms with Gasteiger partial charge in [-0.3, -0.25) is 5.43 Å². The van der Waals surface area contributed by atoms with Crippen LogP contribution in [0.5, 0.6) is 0 Å². The SMILES string of the molecule is CC1=C/C(=N/NC(=S)NCc2ccccc2)CC1. The van der Waals surface area contributed by atoms with E-state index >= 15 is 0 Å². The van der Waals surface area contributed by atoms with Gasteiger partial charge in [0.05, 0.1) is 5.71 Å². The second-order valence-electron chi connectivity index (χ2n) is 4.37. The van der Waals surface area contributed by atoms with Crippen LogP contribution in [0.1, 0.15) is 25.3 Å². The maximum Gasteiger partial charge on any atom is 0.187 e. The summed E-state index contributed by atoms with van der Waals surface area (Å²) in [7, 11) is 0. The Morgan fingerprint density at radius 2 is 2.06 bits per heavy atom. The monoisotopic (exact) mass is 259 g/mol. The van der Waals surface area contributed by atoms with E-state index in [0.717, 1.165) is 18.6 Å². The fourth-order valence-corrected chi connectivity index (χ4v) is 1.90. The van der Waals surface area contributed by atoms with Gasteiger partial charge in [0.1, 0.15) is 0 Å². The summed E-state index contributed by atoms with van der Waals surface area (Å²) in [5.41, 5.74) is 6.52. The molecular weight excluding hydrogens is 242 g/mol. The van der Waals surface area contributed by atoms with Crippen LogP contribution in [-0.2, 0) is 6.54 Å². The first-order chi connectivity index (χ1) is 8.74. The smallest absolute Gasteiger partial charge is 0.187 e. The third kappa shape index (κ3) is 3.96. The molecule has 1 aliphatic carbocycles. The zero-order chi connectivity index (χ0) is 12.8. The van der Waals surface area contributed by atoms with Crippen LogP contribution in [-0.4, -0.2) is 10.8 Å². The van der Waals surface area contributed by atoms with E-state index in [9.17, 15) is 0 Å². The van der Waals surface area contributed by atoms with E-state index in [4.69, 9.17) is 12.2 Å². The molecule has 1 aliphatic rings. The van der Waals surface area contributed by atoms with E-state index in [-0.39, 0.29) is 0 Å². The standard InChI is InChI=1S/C14H17N3S/c1-11-7-8-13(9-11)16-17-14(18)15-10-12-5-3-2-4-6-12/h2-6,9H,7-8,10H2,1H3,(H2,15,17,18)/b16-13+. The first-order valence-corrected chi connectivity index (χ1v) is 6.46. The van der Waals surface area contributed by atoms with Crippen LogP contribution in [0, 0.1) is 0 Å². The fraction of sp³-hybridized carbons (Fsp3) is 0.286. The van der Waals surface area contributed by atoms with Gasteiger partial charge in [0.2, 0.25) is 0 Å². The lowest BCUT2D eigenvalue weighted by atomic mass is 10.2. The molecule has 2 rings (SSSR count). The van der Waals surface area contributed by atoms with Gasteiger partial charge >= 0.3 is 0 Å². The molecule has 0 saturated heterocycles. The molecule has 4 heteroatoms. The molecule has 0 spiro atoms. The average Bonchev–Trinajstić information content (AvgIpc) is 2.81. The number of thiocarbonyl (C=S) groups is 1. The summed E-state index contributed by atoms with van der Waals surface area (Å²) in [5, 5.41) is 7.96. The summed E-state index contributed by atoms with van der Waals surface area (Å²) >= 11 is 5.17. The number of rotatable bonds is 3. The molecule has 1 aromatic carbocycles. The van der Waals surface area contributed by atoms with E-state index in [1.807, 2.05) is 18.2 Å². The number of benzene rings is 1. The van der Waals surface area contributed by atoms with Crippen molar-refractivity contribution in [2.24, 2.45) is 5.10 Å². The van der Waals surface area contributed by atoms with Gasteiger partial charge in [-0.2, -0.15) is 5.10 Å². The van der Waals surface area contributed by atoms with Gasteiger partial charge in [-0.1, -0.05) is 35.9 Å². The lowest BCUT2D eigenvalue weighted by Crippen LogP contribution is -2.31. The van der Waals surface area contributed by atoms with Gasteiger partial charge in [0, 0.05) is 6.54 Å². The summed E-state index contributed by atoms with van der Waals surface area (Å²) < 4.78 is 0. The normalized spacial score (nSPS) is 16.5. The zero-order valence-electron chi connectivity index (χ0n) is 10.4. The number of hydrazone groups is 1. The molecule has 18 heavy (non-hydrogen) atoms. The van der Waals surface area contributed by atoms with Gasteiger partial charge in [-0.15, -0.1) is 0 Å². The summed E-state index contributed by atoms with van der Waals surface area (Å²) in [6, 6.07) is 10.1. The van der Waals surface area contributed by atoms with E-state index < -0.39 is 0 Å². The third-order valence-electron chi connectivity index (χ3n) is 2.79. The first-order valence-electron chi connectivity index (χ1n) is 6.05. The topological polar surface area (TPSA) is 36.4 Å². The van der Waals surface area contributed by atoms with Crippen molar-refractivity contribution >= 4 is 23.0 Å². The molecule has 0 amide bonds. The van der Waals surface area contributed by atoms with E-state index in [2.05, 4.69) is 41.0 Å². The quantitative estimate of drug-likeness (QED) is 0.647. The summed E-state index contributed by atoms with van der Waals surface area (Å²) in [5.74, 6) is 0. The summed E-state index contributed by atoms with van der Waals surface area (Å²) in [6.07, 6.45) is 4.21. The minimum Gasteiger partial charge on any atom is -0.357 e. The van der Waals surface area contributed by atoms with Crippen molar-refractivity contribution in [1.82, 2.24) is 10.7 Å². The minimum absolute atomic E-state index is 0.560. The summed E-state index contributed by atoms with van der Waals surface area (Å²) in [6.45, 7) is 2.83. The van der Waals surface area contributed by atoms with Crippen LogP contribution in [0.2, 0.25) is 0 Å². The van der Waals surface area contributed by atoms with Crippen LogP contribution < -0.4 is 10.7 Å². The molecule has 0 bridgehead atoms. The third-order valence-corrected chi connectivity index (χ3v) is 3.02. The van der Waals surface area contributed by atoms with Crippen LogP contribution in [0.15, 0.2) is 47.1 Å². The van der Waals surface area contributed by atoms with Crippen LogP contribution in [0.25, 0.3) is 0 Å². The molecule has 0 radical (unpaired) electrons. The Labute approximate surface area is 113 Å². The molecule has 0 aliphatic heterocycles. The Morgan fingerprint density at radius 3 is 2.72 bits per heavy atom. The molecular formula is C14H17N3S. The van der Waals surface area contributed by atoms with Crippen molar-refractivity contribution in [3.63, 3.8) is 0 Å². The molecule has 0 heterocycles. The molecule has 0 atom stereocenters. The molecule has 0 unspecified atom stereocenters. The number of nitrogens with zero attached hydrogens (tertiary/aromatic N) is 1. The van der Waals surface area contributed by atoms with Crippen molar-refractivity contribution in [1.29, 1.82) is 0 Å². The lowest BCUT2D eigenvalue weighted by molar-refractivity contribution is 0.864. The van der Waals surface area contributed by atoms with E-state index in [1.165, 1.54) is 11.1 Å². The van der Waals surface area contributed by atoms with Crippen LogP contribution in [0.4, 0.5) is 0 Å². The Bertz CT molecular complexity index is 477. The van der Waals surface area contributed by atoms with Gasteiger partial charge < -0.3 is 5.32 Å². The summed E-state index contributed by atoms with van der Waals surface area (Å²) in [4.78, 5) is 0. The second kappa shape index (κ2) is 6.31. The number of nitrogens with one attached hydrogen (secondary N) is 2. The van der Waals surface area contributed by atoms with Gasteiger partial charge in [0.25, 0.3) is 0 Å². The predicted molar refractivity (Wildman–Crippen MR) is 79.4 cm³/mol. The molecule has 0 saturated carbocycles. The van der Waals surface area contributed by atoms with Gasteiger partial charge in [-0.05, 0) is 43.6 Å². The van der Waals surface area contributed by atoms with E-state index in [0.29, 0.717) is 11.7 Å². The van der Waals surface area contributed by atoms with Crippen molar-refractivity contribution in [2.45, 2.75) is 26.3 Å². The van der Waals surface area contributed by atoms with Gasteiger partial charge in [0.15, 0.2) is 5.11 Å². The number of hydrogen-bond donors (Lipinski definition) is 2. The van der Waals surface area contributed by atoms with Gasteiger partial charge in [-0.25, -0.2) is 0 Å². The van der Waals surface area contributed by atoms with Crippen LogP contribution >= 0.6 is 12.2 Å². The Morgan fingerprint density at radius 1 is 1.28 bits per heavy atom. The zero-order valence-corrected chi connectivity index (χ0v) is 11.3. The molecule has 0 fully saturated rings. The lowest BCUT2D eigenvalue weighted by Gasteiger charge is -2.07. The van der Waals surface area contributed by atoms with E-state index in [1.54, 1.807) is 0 Å². The molecule has 94 valence electrons. The second-order valence-corrected chi connectivity index (χ2v) is 4.78. The molecule has 2 N–H and O–H groups in total. The Hall–Kier alpha value is -1.68. The first kappa shape index (κ1) is 12.8. The average molecular weight is 259 g/mol. The molecule has 0 aromatic heterocycles. The Kier molecular flexibility index (Phi) is 4.47. The largest absolute Gasteiger partial charge is 0.357 e. The highest BCUT2D eigenvalue weighted by Crippen LogP contribution is 2.14. The van der Waals surface area contributed by atoms with Crippen molar-refractivity contribution in [3.05, 3.63) is 47.5 Å². The highest BCUT2D eigenvalue weighted by atomic mass is 32.1. The van der Waals surface area contributed by atoms with Crippen LogP contribution in [0.3, 0.4) is 0 Å². The van der Waals surface area contributed by atoms with Crippen molar-refractivity contribution in [2.75, 3.05) is 0 Å². The predicted octanol–water partition coefficient (Wildman–Crippen LogP) is 2.75.